The zero-order chi connectivity index (χ0) is 30.4. The van der Waals surface area contributed by atoms with Gasteiger partial charge in [0, 0.05) is 24.2 Å². The van der Waals surface area contributed by atoms with E-state index in [-0.39, 0.29) is 12.6 Å². The molecule has 5 aromatic rings. The van der Waals surface area contributed by atoms with E-state index in [2.05, 4.69) is 63.6 Å². The zero-order valence-corrected chi connectivity index (χ0v) is 26.8. The summed E-state index contributed by atoms with van der Waals surface area (Å²) in [7, 11) is 3.40. The van der Waals surface area contributed by atoms with E-state index in [0.29, 0.717) is 0 Å². The first-order valence-corrected chi connectivity index (χ1v) is 15.2. The maximum atomic E-state index is 7.57. The standard InChI is InChI=1S/C30H32N2O2.C4H4S.C2H6O/c1-17-18(2)20(4)28-26(19(17)3)16-27-21(5)31-32(30(27)28)29(22-8-12-24(33-6)13-9-22)23-10-14-25(34-7)15-11-23;1-2-4-5-3-1;1-2-3/h8-15,29H,16H2,1-7H3;1-4H;3H,2H2,1H3. The summed E-state index contributed by atoms with van der Waals surface area (Å²) in [5.41, 5.74) is 14.4. The minimum absolute atomic E-state index is 0.0634. The molecule has 2 aromatic heterocycles. The molecule has 0 bridgehead atoms. The van der Waals surface area contributed by atoms with E-state index in [4.69, 9.17) is 19.7 Å². The number of thiophene rings is 1. The van der Waals surface area contributed by atoms with E-state index in [0.717, 1.165) is 23.6 Å². The third kappa shape index (κ3) is 6.15. The molecule has 6 rings (SSSR count). The van der Waals surface area contributed by atoms with E-state index >= 15 is 0 Å². The highest BCUT2D eigenvalue weighted by Gasteiger charge is 2.33. The molecule has 0 aliphatic heterocycles. The second-order valence-corrected chi connectivity index (χ2v) is 11.3. The third-order valence-electron chi connectivity index (χ3n) is 8.15. The first kappa shape index (κ1) is 31.1. The Bertz CT molecular complexity index is 1540. The lowest BCUT2D eigenvalue weighted by molar-refractivity contribution is 0.318. The SMILES string of the molecule is CCO.COc1ccc(C(c2ccc(OC)cc2)n2nc(C)c3c2-c2c(C)c(C)c(C)c(C)c2C3)cc1.c1ccsc1. The van der Waals surface area contributed by atoms with Crippen LogP contribution in [0, 0.1) is 34.6 Å². The zero-order valence-electron chi connectivity index (χ0n) is 26.0. The first-order valence-electron chi connectivity index (χ1n) is 14.3. The molecule has 5 nitrogen and oxygen atoms in total. The number of benzene rings is 3. The molecule has 42 heavy (non-hydrogen) atoms. The number of fused-ring (bicyclic) bond motifs is 3. The van der Waals surface area contributed by atoms with Crippen LogP contribution in [-0.2, 0) is 6.42 Å². The number of hydrogen-bond acceptors (Lipinski definition) is 5. The number of aliphatic hydroxyl groups is 1. The van der Waals surface area contributed by atoms with Gasteiger partial charge in [0.05, 0.1) is 25.6 Å². The van der Waals surface area contributed by atoms with Gasteiger partial charge in [0.15, 0.2) is 0 Å². The molecule has 1 N–H and O–H groups in total. The molecule has 0 spiro atoms. The van der Waals surface area contributed by atoms with Gasteiger partial charge >= 0.3 is 0 Å². The first-order chi connectivity index (χ1) is 20.3. The highest BCUT2D eigenvalue weighted by atomic mass is 32.1. The van der Waals surface area contributed by atoms with Crippen LogP contribution in [0.3, 0.4) is 0 Å². The van der Waals surface area contributed by atoms with Crippen LogP contribution in [0.25, 0.3) is 11.3 Å². The number of hydrogen-bond donors (Lipinski definition) is 1. The van der Waals surface area contributed by atoms with Gasteiger partial charge in [-0.3, -0.25) is 4.68 Å². The predicted octanol–water partition coefficient (Wildman–Crippen LogP) is 8.40. The average molecular weight is 583 g/mol. The van der Waals surface area contributed by atoms with Crippen molar-refractivity contribution in [2.45, 2.75) is 54.0 Å². The van der Waals surface area contributed by atoms with Gasteiger partial charge in [-0.15, -0.1) is 0 Å². The van der Waals surface area contributed by atoms with Crippen LogP contribution in [0.5, 0.6) is 11.5 Å². The molecular formula is C36H42N2O3S. The summed E-state index contributed by atoms with van der Waals surface area (Å²) in [4.78, 5) is 0. The minimum atomic E-state index is -0.0634. The lowest BCUT2D eigenvalue weighted by Crippen LogP contribution is -2.16. The second kappa shape index (κ2) is 13.9. The third-order valence-corrected chi connectivity index (χ3v) is 8.78. The van der Waals surface area contributed by atoms with Crippen molar-refractivity contribution in [2.75, 3.05) is 20.8 Å². The number of aryl methyl sites for hydroxylation is 1. The Balaban J connectivity index is 0.000000444. The average Bonchev–Trinajstić information content (AvgIpc) is 3.77. The van der Waals surface area contributed by atoms with Crippen LogP contribution in [0.4, 0.5) is 0 Å². The number of nitrogens with zero attached hydrogens (tertiary/aromatic N) is 2. The van der Waals surface area contributed by atoms with Gasteiger partial charge in [-0.1, -0.05) is 36.4 Å². The Morgan fingerprint density at radius 2 is 1.24 bits per heavy atom. The van der Waals surface area contributed by atoms with Crippen LogP contribution >= 0.6 is 11.3 Å². The lowest BCUT2D eigenvalue weighted by atomic mass is 9.89. The Kier molecular flexibility index (Phi) is 10.3. The van der Waals surface area contributed by atoms with E-state index in [1.54, 1.807) is 32.5 Å². The highest BCUT2D eigenvalue weighted by Crippen LogP contribution is 2.46. The van der Waals surface area contributed by atoms with Crippen molar-refractivity contribution >= 4 is 11.3 Å². The molecule has 0 saturated heterocycles. The van der Waals surface area contributed by atoms with Gasteiger partial charge < -0.3 is 14.6 Å². The van der Waals surface area contributed by atoms with Crippen LogP contribution in [0.15, 0.2) is 71.4 Å². The maximum absolute atomic E-state index is 7.57. The quantitative estimate of drug-likeness (QED) is 0.222. The molecule has 0 saturated carbocycles. The number of rotatable bonds is 5. The minimum Gasteiger partial charge on any atom is -0.497 e. The molecule has 0 radical (unpaired) electrons. The summed E-state index contributed by atoms with van der Waals surface area (Å²) in [6, 6.07) is 20.7. The fourth-order valence-electron chi connectivity index (χ4n) is 5.63. The van der Waals surface area contributed by atoms with Gasteiger partial charge in [-0.2, -0.15) is 16.4 Å². The van der Waals surface area contributed by atoms with E-state index in [9.17, 15) is 0 Å². The molecule has 0 atom stereocenters. The highest BCUT2D eigenvalue weighted by molar-refractivity contribution is 7.07. The Labute approximate surface area is 254 Å². The molecule has 6 heteroatoms. The molecular weight excluding hydrogens is 540 g/mol. The molecule has 3 aromatic carbocycles. The van der Waals surface area contributed by atoms with Crippen molar-refractivity contribution in [3.05, 3.63) is 122 Å². The summed E-state index contributed by atoms with van der Waals surface area (Å²) in [5.74, 6) is 1.70. The second-order valence-electron chi connectivity index (χ2n) is 10.4. The number of methoxy groups -OCH3 is 2. The van der Waals surface area contributed by atoms with Crippen molar-refractivity contribution in [2.24, 2.45) is 0 Å². The van der Waals surface area contributed by atoms with Crippen molar-refractivity contribution in [1.29, 1.82) is 0 Å². The smallest absolute Gasteiger partial charge is 0.118 e. The molecule has 1 aliphatic rings. The van der Waals surface area contributed by atoms with Crippen molar-refractivity contribution in [3.8, 4) is 22.8 Å². The van der Waals surface area contributed by atoms with Gasteiger partial charge in [0.1, 0.15) is 17.5 Å². The Morgan fingerprint density at radius 3 is 1.67 bits per heavy atom. The van der Waals surface area contributed by atoms with Gasteiger partial charge in [0.2, 0.25) is 0 Å². The summed E-state index contributed by atoms with van der Waals surface area (Å²) in [6.07, 6.45) is 0.947. The van der Waals surface area contributed by atoms with Crippen LogP contribution in [-0.4, -0.2) is 35.7 Å². The fourth-order valence-corrected chi connectivity index (χ4v) is 6.08. The molecule has 2 heterocycles. The van der Waals surface area contributed by atoms with Gasteiger partial charge in [-0.05, 0) is 116 Å². The van der Waals surface area contributed by atoms with Crippen LogP contribution in [0.1, 0.15) is 63.2 Å². The van der Waals surface area contributed by atoms with E-state index in [1.807, 2.05) is 47.2 Å². The Morgan fingerprint density at radius 1 is 0.762 bits per heavy atom. The monoisotopic (exact) mass is 582 g/mol. The topological polar surface area (TPSA) is 56.5 Å². The van der Waals surface area contributed by atoms with Crippen molar-refractivity contribution < 1.29 is 14.6 Å². The Hall–Kier alpha value is -3.87. The molecule has 1 aliphatic carbocycles. The predicted molar refractivity (Wildman–Crippen MR) is 174 cm³/mol. The summed E-state index contributed by atoms with van der Waals surface area (Å²) < 4.78 is 13.1. The molecule has 220 valence electrons. The summed E-state index contributed by atoms with van der Waals surface area (Å²) in [6.45, 7) is 13.1. The van der Waals surface area contributed by atoms with Gasteiger partial charge in [0.25, 0.3) is 0 Å². The number of aromatic nitrogens is 2. The number of ether oxygens (including phenoxy) is 2. The normalized spacial score (nSPS) is 11.2. The van der Waals surface area contributed by atoms with E-state index in [1.165, 1.54) is 55.8 Å². The summed E-state index contributed by atoms with van der Waals surface area (Å²) >= 11 is 1.71. The van der Waals surface area contributed by atoms with Gasteiger partial charge in [-0.25, -0.2) is 0 Å². The number of aliphatic hydroxyl groups excluding tert-OH is 1. The lowest BCUT2D eigenvalue weighted by Gasteiger charge is -2.23. The maximum Gasteiger partial charge on any atom is 0.118 e. The van der Waals surface area contributed by atoms with E-state index < -0.39 is 0 Å². The van der Waals surface area contributed by atoms with Crippen molar-refractivity contribution in [1.82, 2.24) is 9.78 Å². The largest absolute Gasteiger partial charge is 0.497 e. The summed E-state index contributed by atoms with van der Waals surface area (Å²) in [5, 5.41) is 16.8. The van der Waals surface area contributed by atoms with Crippen molar-refractivity contribution in [3.63, 3.8) is 0 Å². The fraction of sp³-hybridized carbons (Fsp3) is 0.306. The van der Waals surface area contributed by atoms with Crippen LogP contribution in [0.2, 0.25) is 0 Å². The van der Waals surface area contributed by atoms with Crippen LogP contribution < -0.4 is 9.47 Å². The molecule has 0 fully saturated rings. The molecule has 0 unspecified atom stereocenters. The molecule has 0 amide bonds.